The molecule has 162 valence electrons. The van der Waals surface area contributed by atoms with Gasteiger partial charge in [0.25, 0.3) is 5.91 Å². The van der Waals surface area contributed by atoms with Gasteiger partial charge in [-0.15, -0.1) is 11.8 Å². The molecule has 1 aromatic carbocycles. The highest BCUT2D eigenvalue weighted by molar-refractivity contribution is 7.98. The van der Waals surface area contributed by atoms with Crippen LogP contribution in [0, 0.1) is 13.8 Å². The predicted octanol–water partition coefficient (Wildman–Crippen LogP) is 4.55. The summed E-state index contributed by atoms with van der Waals surface area (Å²) in [5.74, 6) is 1.39. The highest BCUT2D eigenvalue weighted by atomic mass is 32.2. The molecule has 3 heterocycles. The van der Waals surface area contributed by atoms with Gasteiger partial charge in [0.2, 0.25) is 0 Å². The van der Waals surface area contributed by atoms with Crippen molar-refractivity contribution in [1.82, 2.24) is 20.4 Å². The number of nitrogens with one attached hydrogen (secondary N) is 1. The van der Waals surface area contributed by atoms with Crippen LogP contribution >= 0.6 is 11.8 Å². The Kier molecular flexibility index (Phi) is 7.04. The van der Waals surface area contributed by atoms with Gasteiger partial charge in [-0.2, -0.15) is 0 Å². The zero-order chi connectivity index (χ0) is 21.6. The van der Waals surface area contributed by atoms with Crippen molar-refractivity contribution in [3.05, 3.63) is 76.8 Å². The molecule has 0 aliphatic carbocycles. The van der Waals surface area contributed by atoms with E-state index in [0.29, 0.717) is 17.9 Å². The maximum Gasteiger partial charge on any atom is 0.254 e. The number of thioether (sulfide) groups is 1. The van der Waals surface area contributed by atoms with E-state index < -0.39 is 0 Å². The number of pyridine rings is 1. The molecule has 4 rings (SSSR count). The summed E-state index contributed by atoms with van der Waals surface area (Å²) < 4.78 is 5.25. The average Bonchev–Trinajstić information content (AvgIpc) is 3.44. The summed E-state index contributed by atoms with van der Waals surface area (Å²) in [5, 5.41) is 7.89. The van der Waals surface area contributed by atoms with Gasteiger partial charge in [-0.3, -0.25) is 9.69 Å². The van der Waals surface area contributed by atoms with Crippen molar-refractivity contribution in [3.63, 3.8) is 0 Å². The average molecular weight is 437 g/mol. The van der Waals surface area contributed by atoms with Gasteiger partial charge < -0.3 is 9.84 Å². The van der Waals surface area contributed by atoms with E-state index in [2.05, 4.69) is 44.6 Å². The summed E-state index contributed by atoms with van der Waals surface area (Å²) in [4.78, 5) is 20.0. The molecule has 1 aliphatic rings. The Balaban J connectivity index is 1.45. The van der Waals surface area contributed by atoms with Crippen molar-refractivity contribution in [3.8, 4) is 0 Å². The fraction of sp³-hybridized carbons (Fsp3) is 0.375. The fourth-order valence-corrected chi connectivity index (χ4v) is 5.14. The van der Waals surface area contributed by atoms with Crippen molar-refractivity contribution >= 4 is 17.7 Å². The van der Waals surface area contributed by atoms with Crippen molar-refractivity contribution < 1.29 is 9.32 Å². The normalized spacial score (nSPS) is 15.2. The van der Waals surface area contributed by atoms with E-state index in [1.165, 1.54) is 30.2 Å². The number of aromatic nitrogens is 2. The first-order chi connectivity index (χ1) is 15.1. The summed E-state index contributed by atoms with van der Waals surface area (Å²) in [5.41, 5.74) is 3.78. The Bertz CT molecular complexity index is 996. The van der Waals surface area contributed by atoms with Crippen LogP contribution in [0.1, 0.15) is 51.8 Å². The summed E-state index contributed by atoms with van der Waals surface area (Å²) >= 11 is 1.54. The number of amides is 1. The van der Waals surface area contributed by atoms with Gasteiger partial charge >= 0.3 is 0 Å². The minimum Gasteiger partial charge on any atom is -0.361 e. The molecule has 0 bridgehead atoms. The molecular formula is C24H28N4O2S. The van der Waals surface area contributed by atoms with Gasteiger partial charge in [-0.1, -0.05) is 35.5 Å². The lowest BCUT2D eigenvalue weighted by atomic mass is 10.1. The van der Waals surface area contributed by atoms with Crippen LogP contribution in [0.4, 0.5) is 0 Å². The number of carbonyl (C=O) groups excluding carboxylic acids is 1. The van der Waals surface area contributed by atoms with E-state index >= 15 is 0 Å². The van der Waals surface area contributed by atoms with Crippen molar-refractivity contribution in [2.75, 3.05) is 19.6 Å². The largest absolute Gasteiger partial charge is 0.361 e. The molecule has 0 spiro atoms. The second-order valence-electron chi connectivity index (χ2n) is 7.83. The van der Waals surface area contributed by atoms with E-state index in [1.807, 2.05) is 32.0 Å². The van der Waals surface area contributed by atoms with Crippen LogP contribution in [-0.4, -0.2) is 40.6 Å². The lowest BCUT2D eigenvalue weighted by Gasteiger charge is -2.28. The maximum absolute atomic E-state index is 13.1. The van der Waals surface area contributed by atoms with E-state index in [-0.39, 0.29) is 11.9 Å². The standard InChI is InChI=1S/C24H28N4O2S/c1-17-21(18(2)30-27-17)16-31-24-20(11-8-12-25-24)23(29)26-15-22(28-13-6-7-14-28)19-9-4-3-5-10-19/h3-5,8-12,22H,6-7,13-16H2,1-2H3,(H,26,29). The number of rotatable bonds is 8. The molecule has 1 aliphatic heterocycles. The highest BCUT2D eigenvalue weighted by Gasteiger charge is 2.24. The van der Waals surface area contributed by atoms with Crippen molar-refractivity contribution in [1.29, 1.82) is 0 Å². The van der Waals surface area contributed by atoms with Crippen LogP contribution in [0.5, 0.6) is 0 Å². The molecule has 1 saturated heterocycles. The second kappa shape index (κ2) is 10.1. The lowest BCUT2D eigenvalue weighted by molar-refractivity contribution is 0.0934. The Morgan fingerprint density at radius 3 is 2.65 bits per heavy atom. The van der Waals surface area contributed by atoms with E-state index in [9.17, 15) is 4.79 Å². The summed E-state index contributed by atoms with van der Waals surface area (Å²) in [7, 11) is 0. The van der Waals surface area contributed by atoms with Crippen molar-refractivity contribution in [2.24, 2.45) is 0 Å². The molecule has 31 heavy (non-hydrogen) atoms. The van der Waals surface area contributed by atoms with Crippen LogP contribution in [0.2, 0.25) is 0 Å². The van der Waals surface area contributed by atoms with Crippen LogP contribution in [0.25, 0.3) is 0 Å². The number of likely N-dealkylation sites (tertiary alicyclic amines) is 1. The second-order valence-corrected chi connectivity index (χ2v) is 8.79. The zero-order valence-electron chi connectivity index (χ0n) is 18.0. The van der Waals surface area contributed by atoms with Crippen molar-refractivity contribution in [2.45, 2.75) is 43.5 Å². The number of nitrogens with zero attached hydrogens (tertiary/aromatic N) is 3. The molecule has 7 heteroatoms. The Hall–Kier alpha value is -2.64. The molecule has 1 unspecified atom stereocenters. The van der Waals surface area contributed by atoms with E-state index in [0.717, 1.165) is 35.1 Å². The first-order valence-electron chi connectivity index (χ1n) is 10.7. The third kappa shape index (κ3) is 5.17. The number of hydrogen-bond donors (Lipinski definition) is 1. The Morgan fingerprint density at radius 2 is 1.94 bits per heavy atom. The molecule has 1 fully saturated rings. The summed E-state index contributed by atoms with van der Waals surface area (Å²) in [6.07, 6.45) is 4.15. The third-order valence-electron chi connectivity index (χ3n) is 5.77. The zero-order valence-corrected chi connectivity index (χ0v) is 18.8. The molecule has 3 aromatic rings. The maximum atomic E-state index is 13.1. The molecule has 1 atom stereocenters. The minimum absolute atomic E-state index is 0.0884. The van der Waals surface area contributed by atoms with Crippen LogP contribution < -0.4 is 5.32 Å². The van der Waals surface area contributed by atoms with Gasteiger partial charge in [0, 0.05) is 24.1 Å². The van der Waals surface area contributed by atoms with Gasteiger partial charge in [-0.05, 0) is 57.5 Å². The quantitative estimate of drug-likeness (QED) is 0.523. The SMILES string of the molecule is Cc1noc(C)c1CSc1ncccc1C(=O)NCC(c1ccccc1)N1CCCC1. The summed E-state index contributed by atoms with van der Waals surface area (Å²) in [6, 6.07) is 14.3. The molecule has 2 aromatic heterocycles. The third-order valence-corrected chi connectivity index (χ3v) is 6.80. The minimum atomic E-state index is -0.0884. The molecule has 0 radical (unpaired) electrons. The number of hydrogen-bond acceptors (Lipinski definition) is 6. The first-order valence-corrected chi connectivity index (χ1v) is 11.7. The Labute approximate surface area is 187 Å². The number of benzene rings is 1. The topological polar surface area (TPSA) is 71.3 Å². The van der Waals surface area contributed by atoms with Gasteiger partial charge in [0.1, 0.15) is 10.8 Å². The summed E-state index contributed by atoms with van der Waals surface area (Å²) in [6.45, 7) is 6.55. The van der Waals surface area contributed by atoms with Crippen LogP contribution in [-0.2, 0) is 5.75 Å². The predicted molar refractivity (Wildman–Crippen MR) is 122 cm³/mol. The Morgan fingerprint density at radius 1 is 1.16 bits per heavy atom. The molecule has 1 amide bonds. The monoisotopic (exact) mass is 436 g/mol. The molecule has 1 N–H and O–H groups in total. The first kappa shape index (κ1) is 21.6. The highest BCUT2D eigenvalue weighted by Crippen LogP contribution is 2.28. The van der Waals surface area contributed by atoms with E-state index in [1.54, 1.807) is 6.20 Å². The van der Waals surface area contributed by atoms with Crippen LogP contribution in [0.15, 0.2) is 58.2 Å². The van der Waals surface area contributed by atoms with Gasteiger partial charge in [-0.25, -0.2) is 4.98 Å². The van der Waals surface area contributed by atoms with Crippen LogP contribution in [0.3, 0.4) is 0 Å². The lowest BCUT2D eigenvalue weighted by Crippen LogP contribution is -2.37. The number of carbonyl (C=O) groups is 1. The van der Waals surface area contributed by atoms with E-state index in [4.69, 9.17) is 4.52 Å². The molecule has 0 saturated carbocycles. The van der Waals surface area contributed by atoms with Gasteiger partial charge in [0.15, 0.2) is 0 Å². The fourth-order valence-electron chi connectivity index (χ4n) is 4.00. The molecular weight excluding hydrogens is 408 g/mol. The number of aryl methyl sites for hydroxylation is 2. The molecule has 6 nitrogen and oxygen atoms in total. The smallest absolute Gasteiger partial charge is 0.254 e. The van der Waals surface area contributed by atoms with Gasteiger partial charge in [0.05, 0.1) is 17.3 Å².